The van der Waals surface area contributed by atoms with Gasteiger partial charge in [0.25, 0.3) is 5.17 Å². The van der Waals surface area contributed by atoms with Crippen molar-refractivity contribution in [3.8, 4) is 0 Å². The van der Waals surface area contributed by atoms with Gasteiger partial charge in [-0.3, -0.25) is 4.90 Å². The molecule has 1 N–H and O–H groups in total. The number of thioether (sulfide) groups is 1. The fourth-order valence-corrected chi connectivity index (χ4v) is 4.06. The Hall–Kier alpha value is -1.81. The van der Waals surface area contributed by atoms with Crippen LogP contribution in [0.1, 0.15) is 6.42 Å². The third-order valence-corrected chi connectivity index (χ3v) is 5.74. The fraction of sp³-hybridized carbons (Fsp3) is 0.529. The second-order valence-corrected chi connectivity index (χ2v) is 7.80. The molecule has 148 valence electrons. The molecule has 2 fully saturated rings. The van der Waals surface area contributed by atoms with Crippen molar-refractivity contribution in [1.29, 1.82) is 0 Å². The minimum atomic E-state index is -0.674. The van der Waals surface area contributed by atoms with Gasteiger partial charge >= 0.3 is 6.09 Å². The standard InChI is InChI=1S/C17H21F2N3O3S2/c1-24-16(26)20-9-12-10-22(17(23)25-12)11-7-13(18)15(14(19)8-11)21-3-2-5-27-6-4-21/h7-8,12H,2-6,9-10H2,1H3,(H,20,26). The molecule has 2 heterocycles. The molecule has 0 saturated carbocycles. The van der Waals surface area contributed by atoms with Crippen LogP contribution in [0.2, 0.25) is 0 Å². The van der Waals surface area contributed by atoms with E-state index in [4.69, 9.17) is 21.7 Å². The summed E-state index contributed by atoms with van der Waals surface area (Å²) in [5, 5.41) is 2.98. The number of rotatable bonds is 4. The summed E-state index contributed by atoms with van der Waals surface area (Å²) in [6.45, 7) is 1.62. The molecule has 1 aromatic carbocycles. The number of carbonyl (C=O) groups is 1. The van der Waals surface area contributed by atoms with E-state index in [0.717, 1.165) is 17.9 Å². The van der Waals surface area contributed by atoms with E-state index in [1.54, 1.807) is 16.7 Å². The summed E-state index contributed by atoms with van der Waals surface area (Å²) in [6, 6.07) is 2.38. The molecule has 2 aliphatic rings. The fourth-order valence-electron chi connectivity index (χ4n) is 3.09. The summed E-state index contributed by atoms with van der Waals surface area (Å²) in [5.41, 5.74) is 0.109. The highest BCUT2D eigenvalue weighted by Gasteiger charge is 2.33. The number of hydrogen-bond donors (Lipinski definition) is 1. The lowest BCUT2D eigenvalue weighted by Crippen LogP contribution is -2.34. The van der Waals surface area contributed by atoms with Crippen LogP contribution in [0.15, 0.2) is 12.1 Å². The minimum absolute atomic E-state index is 0.0301. The van der Waals surface area contributed by atoms with E-state index in [0.29, 0.717) is 13.1 Å². The molecular weight excluding hydrogens is 396 g/mol. The first kappa shape index (κ1) is 19.9. The summed E-state index contributed by atoms with van der Waals surface area (Å²) < 4.78 is 39.4. The van der Waals surface area contributed by atoms with Gasteiger partial charge in [-0.05, 0) is 24.4 Å². The van der Waals surface area contributed by atoms with Gasteiger partial charge in [-0.2, -0.15) is 11.8 Å². The van der Waals surface area contributed by atoms with Crippen molar-refractivity contribution in [2.24, 2.45) is 0 Å². The maximum absolute atomic E-state index is 14.7. The normalized spacial score (nSPS) is 20.3. The lowest BCUT2D eigenvalue weighted by atomic mass is 10.2. The van der Waals surface area contributed by atoms with E-state index in [-0.39, 0.29) is 29.6 Å². The van der Waals surface area contributed by atoms with Gasteiger partial charge in [0.05, 0.1) is 25.9 Å². The van der Waals surface area contributed by atoms with E-state index < -0.39 is 23.8 Å². The number of hydrogen-bond acceptors (Lipinski definition) is 6. The van der Waals surface area contributed by atoms with Gasteiger partial charge < -0.3 is 19.7 Å². The molecule has 1 atom stereocenters. The first-order valence-corrected chi connectivity index (χ1v) is 10.2. The highest BCUT2D eigenvalue weighted by atomic mass is 32.2. The van der Waals surface area contributed by atoms with Crippen molar-refractivity contribution in [1.82, 2.24) is 5.32 Å². The zero-order valence-corrected chi connectivity index (χ0v) is 16.5. The van der Waals surface area contributed by atoms with Crippen LogP contribution in [-0.2, 0) is 9.47 Å². The summed E-state index contributed by atoms with van der Waals surface area (Å²) in [5.74, 6) is 0.467. The van der Waals surface area contributed by atoms with Gasteiger partial charge in [0.15, 0.2) is 11.6 Å². The average molecular weight is 418 g/mol. The van der Waals surface area contributed by atoms with E-state index in [1.807, 2.05) is 0 Å². The molecule has 6 nitrogen and oxygen atoms in total. The number of cyclic esters (lactones) is 1. The first-order chi connectivity index (χ1) is 13.0. The zero-order valence-electron chi connectivity index (χ0n) is 14.9. The molecule has 0 radical (unpaired) electrons. The first-order valence-electron chi connectivity index (χ1n) is 8.61. The van der Waals surface area contributed by atoms with Crippen molar-refractivity contribution >= 4 is 46.6 Å². The lowest BCUT2D eigenvalue weighted by molar-refractivity contribution is 0.142. The second-order valence-electron chi connectivity index (χ2n) is 6.20. The third kappa shape index (κ3) is 4.73. The number of ether oxygens (including phenoxy) is 2. The van der Waals surface area contributed by atoms with E-state index in [2.05, 4.69) is 5.32 Å². The van der Waals surface area contributed by atoms with Gasteiger partial charge in [-0.1, -0.05) is 0 Å². The predicted octanol–water partition coefficient (Wildman–Crippen LogP) is 2.75. The highest BCUT2D eigenvalue weighted by molar-refractivity contribution is 7.99. The molecule has 0 bridgehead atoms. The van der Waals surface area contributed by atoms with Crippen LogP contribution in [0.5, 0.6) is 0 Å². The number of anilines is 2. The van der Waals surface area contributed by atoms with Crippen molar-refractivity contribution in [3.05, 3.63) is 23.8 Å². The molecule has 1 amide bonds. The molecular formula is C17H21F2N3O3S2. The maximum Gasteiger partial charge on any atom is 0.414 e. The number of carbonyl (C=O) groups excluding carboxylic acids is 1. The summed E-state index contributed by atoms with van der Waals surface area (Å²) in [6.07, 6.45) is -0.274. The predicted molar refractivity (Wildman–Crippen MR) is 106 cm³/mol. The summed E-state index contributed by atoms with van der Waals surface area (Å²) in [7, 11) is 1.43. The number of nitrogens with one attached hydrogen (secondary N) is 1. The van der Waals surface area contributed by atoms with Gasteiger partial charge in [0, 0.05) is 31.0 Å². The summed E-state index contributed by atoms with van der Waals surface area (Å²) >= 11 is 6.65. The topological polar surface area (TPSA) is 54.0 Å². The Bertz CT molecular complexity index is 692. The molecule has 0 aromatic heterocycles. The van der Waals surface area contributed by atoms with Gasteiger partial charge in [0.1, 0.15) is 11.8 Å². The Morgan fingerprint density at radius 2 is 2.11 bits per heavy atom. The van der Waals surface area contributed by atoms with Crippen LogP contribution in [0, 0.1) is 11.6 Å². The van der Waals surface area contributed by atoms with Crippen LogP contribution in [0.3, 0.4) is 0 Å². The Kier molecular flexibility index (Phi) is 6.59. The van der Waals surface area contributed by atoms with E-state index in [9.17, 15) is 13.6 Å². The lowest BCUT2D eigenvalue weighted by Gasteiger charge is -2.24. The van der Waals surface area contributed by atoms with Crippen LogP contribution in [0.25, 0.3) is 0 Å². The van der Waals surface area contributed by atoms with Crippen LogP contribution in [0.4, 0.5) is 25.0 Å². The maximum atomic E-state index is 14.7. The molecule has 0 aliphatic carbocycles. The van der Waals surface area contributed by atoms with Gasteiger partial charge in [-0.15, -0.1) is 0 Å². The summed E-state index contributed by atoms with van der Waals surface area (Å²) in [4.78, 5) is 15.1. The number of nitrogens with zero attached hydrogens (tertiary/aromatic N) is 2. The molecule has 10 heteroatoms. The molecule has 3 rings (SSSR count). The zero-order chi connectivity index (χ0) is 19.4. The third-order valence-electron chi connectivity index (χ3n) is 4.39. The second kappa shape index (κ2) is 8.92. The largest absolute Gasteiger partial charge is 0.474 e. The molecule has 2 saturated heterocycles. The Morgan fingerprint density at radius 3 is 2.81 bits per heavy atom. The number of benzene rings is 1. The van der Waals surface area contributed by atoms with E-state index >= 15 is 0 Å². The SMILES string of the molecule is COC(=S)NCC1CN(c2cc(F)c(N3CCCSCC3)c(F)c2)C(=O)O1. The molecule has 1 unspecified atom stereocenters. The van der Waals surface area contributed by atoms with Crippen LogP contribution in [-0.4, -0.2) is 62.2 Å². The molecule has 0 spiro atoms. The minimum Gasteiger partial charge on any atom is -0.474 e. The van der Waals surface area contributed by atoms with Gasteiger partial charge in [0.2, 0.25) is 0 Å². The number of amides is 1. The van der Waals surface area contributed by atoms with E-state index in [1.165, 1.54) is 24.1 Å². The number of thiocarbonyl (C=S) groups is 1. The number of methoxy groups -OCH3 is 1. The highest BCUT2D eigenvalue weighted by Crippen LogP contribution is 2.32. The smallest absolute Gasteiger partial charge is 0.414 e. The molecule has 1 aromatic rings. The average Bonchev–Trinajstić information content (AvgIpc) is 2.82. The Morgan fingerprint density at radius 1 is 1.37 bits per heavy atom. The van der Waals surface area contributed by atoms with Crippen molar-refractivity contribution in [3.63, 3.8) is 0 Å². The van der Waals surface area contributed by atoms with Crippen molar-refractivity contribution < 1.29 is 23.0 Å². The molecule has 2 aliphatic heterocycles. The quantitative estimate of drug-likeness (QED) is 0.756. The molecule has 27 heavy (non-hydrogen) atoms. The van der Waals surface area contributed by atoms with Crippen LogP contribution >= 0.6 is 24.0 Å². The Balaban J connectivity index is 1.73. The van der Waals surface area contributed by atoms with Crippen LogP contribution < -0.4 is 15.1 Å². The van der Waals surface area contributed by atoms with Crippen molar-refractivity contribution in [2.45, 2.75) is 12.5 Å². The Labute approximate surface area is 166 Å². The van der Waals surface area contributed by atoms with Crippen molar-refractivity contribution in [2.75, 3.05) is 54.6 Å². The monoisotopic (exact) mass is 417 g/mol. The number of halogens is 2. The van der Waals surface area contributed by atoms with Gasteiger partial charge in [-0.25, -0.2) is 13.6 Å².